The highest BCUT2D eigenvalue weighted by Gasteiger charge is 2.45. The van der Waals surface area contributed by atoms with Gasteiger partial charge < -0.3 is 10.2 Å². The number of aliphatic hydroxyl groups is 2. The molecule has 8 aromatic rings. The fraction of sp³-hybridized carbons (Fsp3) is 0.208. The van der Waals surface area contributed by atoms with Crippen LogP contribution in [0.4, 0.5) is 0 Å². The van der Waals surface area contributed by atoms with E-state index in [0.717, 1.165) is 84.5 Å². The van der Waals surface area contributed by atoms with Crippen molar-refractivity contribution in [1.82, 2.24) is 0 Å². The van der Waals surface area contributed by atoms with Gasteiger partial charge in [-0.1, -0.05) is 119 Å². The first-order chi connectivity index (χ1) is 26.7. The Labute approximate surface area is 352 Å². The summed E-state index contributed by atoms with van der Waals surface area (Å²) in [6.45, 7) is 8.34. The Balaban J connectivity index is 1.56. The van der Waals surface area contributed by atoms with Gasteiger partial charge in [0.05, 0.1) is 23.4 Å². The maximum Gasteiger partial charge on any atom is 0.143 e. The Morgan fingerprint density at radius 2 is 0.786 bits per heavy atom. The van der Waals surface area contributed by atoms with Crippen LogP contribution in [0.5, 0.6) is 0 Å². The Morgan fingerprint density at radius 3 is 1.09 bits per heavy atom. The van der Waals surface area contributed by atoms with Crippen molar-refractivity contribution in [2.75, 3.05) is 25.0 Å². The van der Waals surface area contributed by atoms with Crippen LogP contribution in [-0.4, -0.2) is 35.2 Å². The summed E-state index contributed by atoms with van der Waals surface area (Å²) in [5.74, 6) is 0. The molecule has 8 heteroatoms. The van der Waals surface area contributed by atoms with Gasteiger partial charge in [-0.05, 0) is 99.2 Å². The molecule has 0 aliphatic heterocycles. The average molecular weight is 847 g/mol. The molecule has 0 aliphatic carbocycles. The lowest BCUT2D eigenvalue weighted by atomic mass is 9.78. The lowest BCUT2D eigenvalue weighted by Crippen LogP contribution is -2.29. The first-order valence-corrected chi connectivity index (χ1v) is 25.8. The minimum Gasteiger partial charge on any atom is -0.376 e. The number of rotatable bonds is 10. The van der Waals surface area contributed by atoms with E-state index in [2.05, 4.69) is 174 Å². The summed E-state index contributed by atoms with van der Waals surface area (Å²) in [4.78, 5) is 4.29. The van der Waals surface area contributed by atoms with E-state index in [1.807, 2.05) is 11.3 Å². The summed E-state index contributed by atoms with van der Waals surface area (Å²) in [6, 6.07) is 42.3. The zero-order valence-electron chi connectivity index (χ0n) is 32.9. The topological polar surface area (TPSA) is 40.5 Å². The number of fused-ring (bicyclic) bond motifs is 1. The molecule has 4 heterocycles. The van der Waals surface area contributed by atoms with Crippen molar-refractivity contribution in [2.45, 2.75) is 47.3 Å². The first kappa shape index (κ1) is 39.4. The van der Waals surface area contributed by atoms with Crippen LogP contribution in [-0.2, 0) is 11.2 Å². The molecule has 2 N–H and O–H groups in total. The molecule has 0 fully saturated rings. The van der Waals surface area contributed by atoms with Gasteiger partial charge in [0.15, 0.2) is 0 Å². The molecule has 4 aromatic heterocycles. The van der Waals surface area contributed by atoms with E-state index < -0.39 is 21.2 Å². The lowest BCUT2D eigenvalue weighted by molar-refractivity contribution is 0.127. The zero-order chi connectivity index (χ0) is 39.6. The van der Waals surface area contributed by atoms with Crippen LogP contribution in [0.3, 0.4) is 0 Å². The summed E-state index contributed by atoms with van der Waals surface area (Å²) in [6.07, 6.45) is 9.12. The van der Waals surface area contributed by atoms with E-state index in [9.17, 15) is 10.2 Å². The maximum absolute atomic E-state index is 13.9. The van der Waals surface area contributed by atoms with Crippen molar-refractivity contribution in [3.05, 3.63) is 177 Å². The average Bonchev–Trinajstić information content (AvgIpc) is 3.99. The van der Waals surface area contributed by atoms with Crippen molar-refractivity contribution in [3.8, 4) is 19.5 Å². The van der Waals surface area contributed by atoms with Crippen LogP contribution in [0.1, 0.15) is 55.6 Å². The zero-order valence-corrected chi connectivity index (χ0v) is 37.8. The highest BCUT2D eigenvalue weighted by Crippen LogP contribution is 2.60. The molecule has 4 aromatic carbocycles. The summed E-state index contributed by atoms with van der Waals surface area (Å²) in [5, 5.41) is 27.7. The van der Waals surface area contributed by atoms with Crippen LogP contribution in [0.15, 0.2) is 130 Å². The van der Waals surface area contributed by atoms with Gasteiger partial charge in [-0.2, -0.15) is 0 Å². The smallest absolute Gasteiger partial charge is 0.143 e. The maximum atomic E-state index is 13.9. The highest BCUT2D eigenvalue weighted by molar-refractivity contribution is 8.33. The van der Waals surface area contributed by atoms with Crippen molar-refractivity contribution >= 4 is 76.5 Å². The molecular formula is C48H46O2S6. The van der Waals surface area contributed by atoms with Crippen molar-refractivity contribution in [3.63, 3.8) is 0 Å². The molecule has 8 rings (SSSR count). The number of benzene rings is 4. The molecule has 0 amide bonds. The van der Waals surface area contributed by atoms with Crippen LogP contribution in [0.25, 0.3) is 28.9 Å². The van der Waals surface area contributed by atoms with E-state index >= 15 is 0 Å². The molecule has 0 bridgehead atoms. The number of hydrogen-bond acceptors (Lipinski definition) is 7. The van der Waals surface area contributed by atoms with Gasteiger partial charge in [0, 0.05) is 25.1 Å². The van der Waals surface area contributed by atoms with Crippen LogP contribution in [0.2, 0.25) is 0 Å². The second kappa shape index (κ2) is 15.1. The Morgan fingerprint density at radius 1 is 0.446 bits per heavy atom. The Hall–Kier alpha value is -3.44. The second-order valence-corrected chi connectivity index (χ2v) is 25.1. The van der Waals surface area contributed by atoms with E-state index in [4.69, 9.17) is 0 Å². The minimum atomic E-state index is -1.50. The third-order valence-corrected chi connectivity index (χ3v) is 19.6. The normalized spacial score (nSPS) is 12.8. The molecule has 0 spiro atoms. The highest BCUT2D eigenvalue weighted by atomic mass is 32.3. The summed E-state index contributed by atoms with van der Waals surface area (Å²) < 4.78 is 4.57. The van der Waals surface area contributed by atoms with Crippen LogP contribution in [0, 0.1) is 27.7 Å². The first-order valence-electron chi connectivity index (χ1n) is 18.5. The van der Waals surface area contributed by atoms with Crippen molar-refractivity contribution < 1.29 is 10.2 Å². The largest absolute Gasteiger partial charge is 0.376 e. The summed E-state index contributed by atoms with van der Waals surface area (Å²) >= 11 is 8.74. The summed E-state index contributed by atoms with van der Waals surface area (Å²) in [5.41, 5.74) is 6.53. The van der Waals surface area contributed by atoms with Crippen molar-refractivity contribution in [1.29, 1.82) is 0 Å². The van der Waals surface area contributed by atoms with E-state index in [1.54, 1.807) is 45.8 Å². The fourth-order valence-corrected chi connectivity index (χ4v) is 14.7. The molecular weight excluding hydrogens is 801 g/mol. The Kier molecular flexibility index (Phi) is 10.6. The van der Waals surface area contributed by atoms with E-state index in [-0.39, 0.29) is 0 Å². The van der Waals surface area contributed by atoms with Gasteiger partial charge in [-0.15, -0.1) is 57.1 Å². The van der Waals surface area contributed by atoms with Crippen LogP contribution < -0.4 is 0 Å². The monoisotopic (exact) mass is 846 g/mol. The minimum absolute atomic E-state index is 0.813. The molecule has 0 saturated heterocycles. The molecule has 0 radical (unpaired) electrons. The molecule has 0 aliphatic rings. The van der Waals surface area contributed by atoms with Gasteiger partial charge in [0.1, 0.15) is 11.2 Å². The predicted molar refractivity (Wildman–Crippen MR) is 251 cm³/mol. The Bertz CT molecular complexity index is 2560. The standard InChI is InChI=1S/C48H46O2S6/c1-29-9-17-33(18-10-29)47(49,34-19-11-30(2)12-20-34)41-43(37-25-27-39(51-5)52-37)54-46-42(44(55-45(41)46)38-26-28-40(53-38)56(6,7)8)48(50,35-21-13-31(3)14-22-35)36-23-15-32(4)16-24-36/h9-28,49-50H,1-8H3. The lowest BCUT2D eigenvalue weighted by Gasteiger charge is -2.31. The molecule has 56 heavy (non-hydrogen) atoms. The fourth-order valence-electron chi connectivity index (χ4n) is 7.35. The molecule has 286 valence electrons. The number of thioether (sulfide) groups is 1. The predicted octanol–water partition coefficient (Wildman–Crippen LogP) is 14.0. The second-order valence-electron chi connectivity index (χ2n) is 15.4. The molecule has 0 atom stereocenters. The number of hydrogen-bond donors (Lipinski definition) is 2. The van der Waals surface area contributed by atoms with Gasteiger partial charge in [-0.3, -0.25) is 0 Å². The third kappa shape index (κ3) is 6.86. The van der Waals surface area contributed by atoms with Crippen LogP contribution >= 0.6 is 67.1 Å². The SMILES string of the molecule is CSc1ccc(-c2sc3c(C(O)(c4ccc(C)cc4)c4ccc(C)cc4)c(-c4ccc(S(C)(C)C)s4)sc3c2C(O)(c2ccc(C)cc2)c2ccc(C)cc2)s1. The van der Waals surface area contributed by atoms with E-state index in [1.165, 1.54) is 8.42 Å². The molecule has 0 unspecified atom stereocenters. The van der Waals surface area contributed by atoms with Gasteiger partial charge in [0.2, 0.25) is 0 Å². The van der Waals surface area contributed by atoms with Crippen molar-refractivity contribution in [2.24, 2.45) is 0 Å². The molecule has 0 saturated carbocycles. The third-order valence-electron chi connectivity index (χ3n) is 10.5. The van der Waals surface area contributed by atoms with Gasteiger partial charge >= 0.3 is 0 Å². The quantitative estimate of drug-likeness (QED) is 0.135. The van der Waals surface area contributed by atoms with Gasteiger partial charge in [0.25, 0.3) is 0 Å². The summed E-state index contributed by atoms with van der Waals surface area (Å²) in [7, 11) is -1.000. The molecule has 2 nitrogen and oxygen atoms in total. The number of aryl methyl sites for hydroxylation is 4. The van der Waals surface area contributed by atoms with Gasteiger partial charge in [-0.25, -0.2) is 10.0 Å². The van der Waals surface area contributed by atoms with E-state index in [0.29, 0.717) is 0 Å². The number of thiophene rings is 4.